The Balaban J connectivity index is 0.00000280. The standard InChI is InChI=1S/C19H26F2N4O2.HI/c1-22-19(23-8-7-14-15(20)4-2-5-16(14)21)25-11-9-24(10-12-25)18(26)17-6-3-13-27-17;/h2,4-5,17H,3,6-13H2,1H3,(H,22,23);1H. The number of amides is 1. The Morgan fingerprint density at radius 3 is 2.43 bits per heavy atom. The summed E-state index contributed by atoms with van der Waals surface area (Å²) >= 11 is 0. The summed E-state index contributed by atoms with van der Waals surface area (Å²) in [6.45, 7) is 3.58. The van der Waals surface area contributed by atoms with Crippen molar-refractivity contribution < 1.29 is 18.3 Å². The van der Waals surface area contributed by atoms with Gasteiger partial charge < -0.3 is 19.9 Å². The van der Waals surface area contributed by atoms with Crippen molar-refractivity contribution in [2.75, 3.05) is 46.4 Å². The number of nitrogens with one attached hydrogen (secondary N) is 1. The van der Waals surface area contributed by atoms with Crippen molar-refractivity contribution in [1.29, 1.82) is 0 Å². The van der Waals surface area contributed by atoms with Crippen LogP contribution >= 0.6 is 24.0 Å². The van der Waals surface area contributed by atoms with Gasteiger partial charge in [0.25, 0.3) is 5.91 Å². The molecule has 0 aromatic heterocycles. The van der Waals surface area contributed by atoms with E-state index in [1.54, 1.807) is 7.05 Å². The first-order valence-corrected chi connectivity index (χ1v) is 9.39. The van der Waals surface area contributed by atoms with Crippen molar-refractivity contribution in [3.8, 4) is 0 Å². The van der Waals surface area contributed by atoms with Gasteiger partial charge in [0.05, 0.1) is 0 Å². The molecule has 0 bridgehead atoms. The summed E-state index contributed by atoms with van der Waals surface area (Å²) in [6.07, 6.45) is 1.68. The van der Waals surface area contributed by atoms with Crippen LogP contribution in [0.4, 0.5) is 8.78 Å². The quantitative estimate of drug-likeness (QED) is 0.385. The molecule has 0 radical (unpaired) electrons. The molecule has 0 saturated carbocycles. The molecule has 2 heterocycles. The number of carbonyl (C=O) groups excluding carboxylic acids is 1. The molecule has 1 unspecified atom stereocenters. The highest BCUT2D eigenvalue weighted by atomic mass is 127. The molecule has 1 aromatic rings. The van der Waals surface area contributed by atoms with Gasteiger partial charge in [-0.3, -0.25) is 9.79 Å². The highest BCUT2D eigenvalue weighted by Gasteiger charge is 2.30. The number of hydrogen-bond donors (Lipinski definition) is 1. The number of aliphatic imine (C=N–C) groups is 1. The molecule has 1 aromatic carbocycles. The second-order valence-electron chi connectivity index (χ2n) is 6.74. The van der Waals surface area contributed by atoms with Crippen LogP contribution < -0.4 is 5.32 Å². The van der Waals surface area contributed by atoms with E-state index in [0.29, 0.717) is 45.3 Å². The average molecular weight is 508 g/mol. The number of carbonyl (C=O) groups is 1. The normalized spacial score (nSPS) is 20.1. The van der Waals surface area contributed by atoms with Crippen LogP contribution in [0.2, 0.25) is 0 Å². The zero-order valence-corrected chi connectivity index (χ0v) is 18.3. The molecule has 9 heteroatoms. The second-order valence-corrected chi connectivity index (χ2v) is 6.74. The van der Waals surface area contributed by atoms with Crippen LogP contribution in [0.15, 0.2) is 23.2 Å². The Hall–Kier alpha value is -1.49. The lowest BCUT2D eigenvalue weighted by molar-refractivity contribution is -0.142. The van der Waals surface area contributed by atoms with E-state index in [4.69, 9.17) is 4.74 Å². The summed E-state index contributed by atoms with van der Waals surface area (Å²) in [7, 11) is 1.68. The van der Waals surface area contributed by atoms with Gasteiger partial charge in [-0.2, -0.15) is 0 Å². The predicted molar refractivity (Wildman–Crippen MR) is 114 cm³/mol. The van der Waals surface area contributed by atoms with Gasteiger partial charge in [-0.25, -0.2) is 8.78 Å². The van der Waals surface area contributed by atoms with Gasteiger partial charge in [0.2, 0.25) is 0 Å². The fourth-order valence-corrected chi connectivity index (χ4v) is 3.52. The summed E-state index contributed by atoms with van der Waals surface area (Å²) < 4.78 is 32.9. The Labute approximate surface area is 181 Å². The van der Waals surface area contributed by atoms with E-state index in [9.17, 15) is 13.6 Å². The number of hydrogen-bond acceptors (Lipinski definition) is 3. The molecule has 2 aliphatic rings. The predicted octanol–water partition coefficient (Wildman–Crippen LogP) is 2.02. The lowest BCUT2D eigenvalue weighted by Crippen LogP contribution is -2.55. The van der Waals surface area contributed by atoms with Crippen molar-refractivity contribution in [3.63, 3.8) is 0 Å². The number of nitrogens with zero attached hydrogens (tertiary/aromatic N) is 3. The fourth-order valence-electron chi connectivity index (χ4n) is 3.52. The third-order valence-electron chi connectivity index (χ3n) is 5.03. The van der Waals surface area contributed by atoms with Crippen LogP contribution in [0.25, 0.3) is 0 Å². The minimum atomic E-state index is -0.534. The number of benzene rings is 1. The van der Waals surface area contributed by atoms with Crippen LogP contribution in [0.1, 0.15) is 18.4 Å². The van der Waals surface area contributed by atoms with Gasteiger partial charge >= 0.3 is 0 Å². The summed E-state index contributed by atoms with van der Waals surface area (Å²) in [5, 5.41) is 3.16. The molecule has 156 valence electrons. The van der Waals surface area contributed by atoms with Crippen LogP contribution in [0.3, 0.4) is 0 Å². The van der Waals surface area contributed by atoms with E-state index in [2.05, 4.69) is 15.2 Å². The highest BCUT2D eigenvalue weighted by Crippen LogP contribution is 2.16. The third kappa shape index (κ3) is 5.53. The van der Waals surface area contributed by atoms with Gasteiger partial charge in [-0.15, -0.1) is 24.0 Å². The lowest BCUT2D eigenvalue weighted by atomic mass is 10.1. The van der Waals surface area contributed by atoms with E-state index in [1.165, 1.54) is 18.2 Å². The number of halogens is 3. The Bertz CT molecular complexity index is 670. The molecular formula is C19H27F2IN4O2. The summed E-state index contributed by atoms with van der Waals surface area (Å²) in [5.41, 5.74) is 0.0763. The maximum Gasteiger partial charge on any atom is 0.251 e. The Morgan fingerprint density at radius 2 is 1.86 bits per heavy atom. The smallest absolute Gasteiger partial charge is 0.251 e. The molecule has 2 aliphatic heterocycles. The summed E-state index contributed by atoms with van der Waals surface area (Å²) in [6, 6.07) is 3.88. The average Bonchev–Trinajstić information content (AvgIpc) is 3.22. The molecule has 3 rings (SSSR count). The monoisotopic (exact) mass is 508 g/mol. The van der Waals surface area contributed by atoms with E-state index < -0.39 is 11.6 Å². The largest absolute Gasteiger partial charge is 0.368 e. The zero-order valence-electron chi connectivity index (χ0n) is 16.0. The third-order valence-corrected chi connectivity index (χ3v) is 5.03. The first kappa shape index (κ1) is 22.8. The van der Waals surface area contributed by atoms with Crippen LogP contribution in [0, 0.1) is 11.6 Å². The van der Waals surface area contributed by atoms with Gasteiger partial charge in [0.15, 0.2) is 5.96 Å². The highest BCUT2D eigenvalue weighted by molar-refractivity contribution is 14.0. The molecule has 0 aliphatic carbocycles. The fraction of sp³-hybridized carbons (Fsp3) is 0.579. The summed E-state index contributed by atoms with van der Waals surface area (Å²) in [4.78, 5) is 20.5. The van der Waals surface area contributed by atoms with Crippen LogP contribution in [-0.4, -0.2) is 74.1 Å². The van der Waals surface area contributed by atoms with E-state index in [1.807, 2.05) is 4.90 Å². The number of ether oxygens (including phenoxy) is 1. The Kier molecular flexibility index (Phi) is 8.87. The molecule has 6 nitrogen and oxygen atoms in total. The maximum atomic E-state index is 13.7. The van der Waals surface area contributed by atoms with Gasteiger partial charge in [0.1, 0.15) is 17.7 Å². The minimum absolute atomic E-state index is 0. The second kappa shape index (κ2) is 10.9. The van der Waals surface area contributed by atoms with E-state index in [0.717, 1.165) is 12.8 Å². The molecule has 1 atom stereocenters. The van der Waals surface area contributed by atoms with Gasteiger partial charge in [-0.05, 0) is 31.4 Å². The maximum absolute atomic E-state index is 13.7. The number of rotatable bonds is 4. The summed E-state index contributed by atoms with van der Waals surface area (Å²) in [5.74, 6) is -0.317. The zero-order chi connectivity index (χ0) is 19.2. The molecule has 2 fully saturated rings. The van der Waals surface area contributed by atoms with Crippen molar-refractivity contribution >= 4 is 35.8 Å². The van der Waals surface area contributed by atoms with Crippen LogP contribution in [-0.2, 0) is 16.0 Å². The minimum Gasteiger partial charge on any atom is -0.368 e. The van der Waals surface area contributed by atoms with E-state index >= 15 is 0 Å². The lowest BCUT2D eigenvalue weighted by Gasteiger charge is -2.37. The molecule has 1 amide bonds. The van der Waals surface area contributed by atoms with Crippen molar-refractivity contribution in [2.24, 2.45) is 4.99 Å². The molecule has 28 heavy (non-hydrogen) atoms. The molecule has 1 N–H and O–H groups in total. The van der Waals surface area contributed by atoms with Crippen molar-refractivity contribution in [2.45, 2.75) is 25.4 Å². The van der Waals surface area contributed by atoms with Crippen molar-refractivity contribution in [3.05, 3.63) is 35.4 Å². The van der Waals surface area contributed by atoms with E-state index in [-0.39, 0.29) is 48.0 Å². The molecule has 2 saturated heterocycles. The number of piperazine rings is 1. The number of guanidine groups is 1. The topological polar surface area (TPSA) is 57.2 Å². The van der Waals surface area contributed by atoms with Crippen molar-refractivity contribution in [1.82, 2.24) is 15.1 Å². The van der Waals surface area contributed by atoms with Gasteiger partial charge in [0, 0.05) is 51.9 Å². The first-order valence-electron chi connectivity index (χ1n) is 9.39. The Morgan fingerprint density at radius 1 is 1.21 bits per heavy atom. The van der Waals surface area contributed by atoms with Crippen LogP contribution in [0.5, 0.6) is 0 Å². The first-order chi connectivity index (χ1) is 13.1. The SMILES string of the molecule is CN=C(NCCc1c(F)cccc1F)N1CCN(C(=O)C2CCCO2)CC1.I. The molecule has 0 spiro atoms. The van der Waals surface area contributed by atoms with Gasteiger partial charge in [-0.1, -0.05) is 6.07 Å². The molecular weight excluding hydrogens is 481 g/mol.